The van der Waals surface area contributed by atoms with Gasteiger partial charge >= 0.3 is 0 Å². The van der Waals surface area contributed by atoms with Gasteiger partial charge in [-0.1, -0.05) is 30.0 Å². The van der Waals surface area contributed by atoms with E-state index in [4.69, 9.17) is 4.42 Å². The van der Waals surface area contributed by atoms with Crippen LogP contribution in [0.4, 0.5) is 0 Å². The van der Waals surface area contributed by atoms with E-state index >= 15 is 0 Å². The zero-order valence-electron chi connectivity index (χ0n) is 10.4. The van der Waals surface area contributed by atoms with Gasteiger partial charge in [0.25, 0.3) is 5.22 Å². The molecule has 6 heteroatoms. The van der Waals surface area contributed by atoms with E-state index in [0.717, 1.165) is 5.56 Å². The van der Waals surface area contributed by atoms with E-state index in [9.17, 15) is 4.79 Å². The van der Waals surface area contributed by atoms with Crippen LogP contribution in [0.2, 0.25) is 0 Å². The second-order valence-corrected chi connectivity index (χ2v) is 4.96. The van der Waals surface area contributed by atoms with Gasteiger partial charge in [-0.2, -0.15) is 0 Å². The first-order chi connectivity index (χ1) is 9.83. The Hall–Kier alpha value is -2.34. The Labute approximate surface area is 119 Å². The molecule has 1 N–H and O–H groups in total. The zero-order valence-corrected chi connectivity index (χ0v) is 11.3. The number of H-pyrrole nitrogens is 1. The maximum absolute atomic E-state index is 11.8. The third kappa shape index (κ3) is 2.80. The highest BCUT2D eigenvalue weighted by Gasteiger charge is 2.12. The highest BCUT2D eigenvalue weighted by Crippen LogP contribution is 2.23. The number of aromatic nitrogens is 3. The van der Waals surface area contributed by atoms with Crippen molar-refractivity contribution in [2.45, 2.75) is 5.22 Å². The van der Waals surface area contributed by atoms with Crippen molar-refractivity contribution in [3.63, 3.8) is 0 Å². The Morgan fingerprint density at radius 1 is 1.15 bits per heavy atom. The van der Waals surface area contributed by atoms with E-state index in [1.54, 1.807) is 18.3 Å². The first kappa shape index (κ1) is 12.7. The minimum absolute atomic E-state index is 0.000499. The number of carbonyl (C=O) groups is 1. The number of hydrogen-bond donors (Lipinski definition) is 1. The molecule has 0 saturated carbocycles. The molecule has 0 fully saturated rings. The van der Waals surface area contributed by atoms with E-state index in [-0.39, 0.29) is 11.5 Å². The Morgan fingerprint density at radius 3 is 2.75 bits per heavy atom. The molecule has 0 bridgehead atoms. The van der Waals surface area contributed by atoms with Crippen molar-refractivity contribution in [3.8, 4) is 11.5 Å². The summed E-state index contributed by atoms with van der Waals surface area (Å²) in [7, 11) is 0. The predicted molar refractivity (Wildman–Crippen MR) is 75.6 cm³/mol. The van der Waals surface area contributed by atoms with Crippen molar-refractivity contribution >= 4 is 17.5 Å². The fraction of sp³-hybridized carbons (Fsp3) is 0.0714. The van der Waals surface area contributed by atoms with E-state index in [0.29, 0.717) is 16.8 Å². The summed E-state index contributed by atoms with van der Waals surface area (Å²) in [4.78, 5) is 14.7. The van der Waals surface area contributed by atoms with Gasteiger partial charge in [0.15, 0.2) is 5.78 Å². The zero-order chi connectivity index (χ0) is 13.8. The number of thioether (sulfide) groups is 1. The molecule has 100 valence electrons. The highest BCUT2D eigenvalue weighted by molar-refractivity contribution is 7.99. The predicted octanol–water partition coefficient (Wildman–Crippen LogP) is 3.04. The molecule has 2 aromatic heterocycles. The third-order valence-electron chi connectivity index (χ3n) is 2.65. The first-order valence-electron chi connectivity index (χ1n) is 6.01. The SMILES string of the molecule is O=C(CSc1nnc(-c2ccccc2)o1)c1ccc[nH]1. The topological polar surface area (TPSA) is 71.8 Å². The van der Waals surface area contributed by atoms with Crippen molar-refractivity contribution in [1.29, 1.82) is 0 Å². The molecule has 2 heterocycles. The largest absolute Gasteiger partial charge is 0.411 e. The second-order valence-electron chi connectivity index (χ2n) is 4.03. The van der Waals surface area contributed by atoms with Crippen LogP contribution in [0.3, 0.4) is 0 Å². The van der Waals surface area contributed by atoms with Gasteiger partial charge in [0.1, 0.15) is 0 Å². The summed E-state index contributed by atoms with van der Waals surface area (Å²) < 4.78 is 5.52. The molecule has 0 amide bonds. The number of aromatic amines is 1. The molecule has 0 unspecified atom stereocenters. The Morgan fingerprint density at radius 2 is 2.00 bits per heavy atom. The van der Waals surface area contributed by atoms with E-state index in [2.05, 4.69) is 15.2 Å². The molecule has 0 saturated heterocycles. The number of nitrogens with zero attached hydrogens (tertiary/aromatic N) is 2. The highest BCUT2D eigenvalue weighted by atomic mass is 32.2. The number of hydrogen-bond acceptors (Lipinski definition) is 5. The summed E-state index contributed by atoms with van der Waals surface area (Å²) in [5.74, 6) is 0.719. The fourth-order valence-electron chi connectivity index (χ4n) is 1.67. The van der Waals surface area contributed by atoms with Crippen molar-refractivity contribution < 1.29 is 9.21 Å². The van der Waals surface area contributed by atoms with Crippen LogP contribution in [0.15, 0.2) is 58.3 Å². The smallest absolute Gasteiger partial charge is 0.277 e. The number of rotatable bonds is 5. The molecule has 1 aromatic carbocycles. The second kappa shape index (κ2) is 5.75. The number of Topliss-reactive ketones (excluding diaryl/α,β-unsaturated/α-hetero) is 1. The third-order valence-corrected chi connectivity index (χ3v) is 3.47. The van der Waals surface area contributed by atoms with Gasteiger partial charge in [-0.05, 0) is 24.3 Å². The normalized spacial score (nSPS) is 10.6. The van der Waals surface area contributed by atoms with Gasteiger partial charge in [0.05, 0.1) is 11.4 Å². The van der Waals surface area contributed by atoms with Crippen LogP contribution in [0.25, 0.3) is 11.5 Å². The van der Waals surface area contributed by atoms with Gasteiger partial charge in [-0.15, -0.1) is 10.2 Å². The lowest BCUT2D eigenvalue weighted by atomic mass is 10.2. The van der Waals surface area contributed by atoms with Crippen LogP contribution in [0.1, 0.15) is 10.5 Å². The molecule has 0 radical (unpaired) electrons. The van der Waals surface area contributed by atoms with Crippen molar-refractivity contribution in [2.75, 3.05) is 5.75 Å². The summed E-state index contributed by atoms with van der Waals surface area (Å²) in [5, 5.41) is 8.29. The van der Waals surface area contributed by atoms with E-state index in [1.807, 2.05) is 30.3 Å². The van der Waals surface area contributed by atoms with Gasteiger partial charge < -0.3 is 9.40 Å². The molecule has 5 nitrogen and oxygen atoms in total. The summed E-state index contributed by atoms with van der Waals surface area (Å²) in [6.45, 7) is 0. The fourth-order valence-corrected chi connectivity index (χ4v) is 2.32. The molecule has 0 aliphatic heterocycles. The molecule has 0 atom stereocenters. The standard InChI is InChI=1S/C14H11N3O2S/c18-12(11-7-4-8-15-11)9-20-14-17-16-13(19-14)10-5-2-1-3-6-10/h1-8,15H,9H2. The van der Waals surface area contributed by atoms with Gasteiger partial charge in [0.2, 0.25) is 5.89 Å². The van der Waals surface area contributed by atoms with Gasteiger partial charge in [-0.25, -0.2) is 0 Å². The first-order valence-corrected chi connectivity index (χ1v) is 7.00. The lowest BCUT2D eigenvalue weighted by molar-refractivity contribution is 0.101. The van der Waals surface area contributed by atoms with Crippen LogP contribution < -0.4 is 0 Å². The summed E-state index contributed by atoms with van der Waals surface area (Å²) in [6.07, 6.45) is 1.72. The van der Waals surface area contributed by atoms with Gasteiger partial charge in [0, 0.05) is 11.8 Å². The minimum Gasteiger partial charge on any atom is -0.411 e. The summed E-state index contributed by atoms with van der Waals surface area (Å²) >= 11 is 1.23. The Balaban J connectivity index is 1.65. The molecule has 3 rings (SSSR count). The summed E-state index contributed by atoms with van der Waals surface area (Å²) in [6, 6.07) is 13.1. The van der Waals surface area contributed by atoms with Crippen molar-refractivity contribution in [2.24, 2.45) is 0 Å². The van der Waals surface area contributed by atoms with Crippen LogP contribution in [-0.4, -0.2) is 26.7 Å². The van der Waals surface area contributed by atoms with E-state index < -0.39 is 0 Å². The van der Waals surface area contributed by atoms with Crippen molar-refractivity contribution in [1.82, 2.24) is 15.2 Å². The molecule has 0 aliphatic carbocycles. The average molecular weight is 285 g/mol. The van der Waals surface area contributed by atoms with Gasteiger partial charge in [-0.3, -0.25) is 4.79 Å². The number of nitrogens with one attached hydrogen (secondary N) is 1. The molecular weight excluding hydrogens is 274 g/mol. The average Bonchev–Trinajstić information content (AvgIpc) is 3.17. The summed E-state index contributed by atoms with van der Waals surface area (Å²) in [5.41, 5.74) is 1.45. The molecular formula is C14H11N3O2S. The van der Waals surface area contributed by atoms with Crippen LogP contribution in [0.5, 0.6) is 0 Å². The van der Waals surface area contributed by atoms with Crippen LogP contribution >= 0.6 is 11.8 Å². The number of benzene rings is 1. The molecule has 3 aromatic rings. The quantitative estimate of drug-likeness (QED) is 0.576. The lowest BCUT2D eigenvalue weighted by Gasteiger charge is -1.95. The molecule has 0 spiro atoms. The molecule has 20 heavy (non-hydrogen) atoms. The number of carbonyl (C=O) groups excluding carboxylic acids is 1. The monoisotopic (exact) mass is 285 g/mol. The maximum atomic E-state index is 11.8. The Bertz CT molecular complexity index is 692. The minimum atomic E-state index is -0.000499. The van der Waals surface area contributed by atoms with E-state index in [1.165, 1.54) is 11.8 Å². The lowest BCUT2D eigenvalue weighted by Crippen LogP contribution is -2.02. The van der Waals surface area contributed by atoms with Crippen molar-refractivity contribution in [3.05, 3.63) is 54.4 Å². The van der Waals surface area contributed by atoms with Crippen LogP contribution in [-0.2, 0) is 0 Å². The van der Waals surface area contributed by atoms with Crippen LogP contribution in [0, 0.1) is 0 Å². The number of ketones is 1. The Kier molecular flexibility index (Phi) is 3.64. The molecule has 0 aliphatic rings. The maximum Gasteiger partial charge on any atom is 0.277 e.